The van der Waals surface area contributed by atoms with Crippen LogP contribution < -0.4 is 15.0 Å². The third kappa shape index (κ3) is 3.31. The predicted octanol–water partition coefficient (Wildman–Crippen LogP) is 1.79. The summed E-state index contributed by atoms with van der Waals surface area (Å²) < 4.78 is 12.7. The van der Waals surface area contributed by atoms with E-state index in [9.17, 15) is 4.79 Å². The molecule has 2 heterocycles. The van der Waals surface area contributed by atoms with Crippen LogP contribution in [0.2, 0.25) is 0 Å². The van der Waals surface area contributed by atoms with Crippen molar-refractivity contribution in [1.82, 2.24) is 9.47 Å². The van der Waals surface area contributed by atoms with Crippen LogP contribution in [0.5, 0.6) is 11.5 Å². The van der Waals surface area contributed by atoms with Crippen molar-refractivity contribution in [2.75, 3.05) is 20.3 Å². The van der Waals surface area contributed by atoms with E-state index in [4.69, 9.17) is 9.47 Å². The molecule has 0 fully saturated rings. The molecule has 2 aromatic rings. The van der Waals surface area contributed by atoms with E-state index in [1.54, 1.807) is 23.9 Å². The van der Waals surface area contributed by atoms with Crippen molar-refractivity contribution in [3.63, 3.8) is 0 Å². The maximum atomic E-state index is 11.7. The summed E-state index contributed by atoms with van der Waals surface area (Å²) in [5.41, 5.74) is 2.20. The lowest BCUT2D eigenvalue weighted by atomic mass is 10.1. The summed E-state index contributed by atoms with van der Waals surface area (Å²) >= 11 is 0. The van der Waals surface area contributed by atoms with Crippen LogP contribution in [0.25, 0.3) is 0 Å². The summed E-state index contributed by atoms with van der Waals surface area (Å²) in [6, 6.07) is 9.68. The molecule has 1 aromatic carbocycles. The molecule has 0 N–H and O–H groups in total. The smallest absolute Gasteiger partial charge is 0.250 e. The minimum atomic E-state index is 0.0187. The highest BCUT2D eigenvalue weighted by molar-refractivity contribution is 5.43. The first-order chi connectivity index (χ1) is 10.6. The van der Waals surface area contributed by atoms with Gasteiger partial charge in [0.2, 0.25) is 0 Å². The monoisotopic (exact) mass is 300 g/mol. The number of hydrogen-bond acceptors (Lipinski definition) is 4. The second kappa shape index (κ2) is 6.23. The molecule has 0 bridgehead atoms. The molecule has 3 rings (SSSR count). The normalized spacial score (nSPS) is 13.4. The van der Waals surface area contributed by atoms with Crippen molar-refractivity contribution >= 4 is 0 Å². The molecule has 1 aliphatic heterocycles. The first-order valence-corrected chi connectivity index (χ1v) is 7.34. The zero-order valence-electron chi connectivity index (χ0n) is 12.9. The van der Waals surface area contributed by atoms with Crippen LogP contribution in [0.4, 0.5) is 0 Å². The van der Waals surface area contributed by atoms with Gasteiger partial charge in [0, 0.05) is 32.4 Å². The Morgan fingerprint density at radius 3 is 2.45 bits per heavy atom. The third-order valence-electron chi connectivity index (χ3n) is 3.68. The average molecular weight is 300 g/mol. The number of nitrogens with zero attached hydrogens (tertiary/aromatic N) is 2. The maximum Gasteiger partial charge on any atom is 0.250 e. The Hall–Kier alpha value is -2.27. The van der Waals surface area contributed by atoms with Gasteiger partial charge in [0.05, 0.1) is 0 Å². The highest BCUT2D eigenvalue weighted by atomic mass is 16.6. The molecule has 116 valence electrons. The molecule has 0 saturated carbocycles. The number of pyridine rings is 1. The Kier molecular flexibility index (Phi) is 4.15. The zero-order valence-corrected chi connectivity index (χ0v) is 12.9. The molecule has 0 radical (unpaired) electrons. The van der Waals surface area contributed by atoms with Crippen molar-refractivity contribution < 1.29 is 9.47 Å². The summed E-state index contributed by atoms with van der Waals surface area (Å²) in [5.74, 6) is 1.62. The van der Waals surface area contributed by atoms with Gasteiger partial charge in [-0.2, -0.15) is 0 Å². The van der Waals surface area contributed by atoms with E-state index in [2.05, 4.69) is 4.90 Å². The first-order valence-electron chi connectivity index (χ1n) is 7.34. The summed E-state index contributed by atoms with van der Waals surface area (Å²) in [6.45, 7) is 2.71. The number of rotatable bonds is 4. The number of aryl methyl sites for hydroxylation is 1. The fraction of sp³-hybridized carbons (Fsp3) is 0.353. The average Bonchev–Trinajstić information content (AvgIpc) is 2.51. The third-order valence-corrected chi connectivity index (χ3v) is 3.68. The lowest BCUT2D eigenvalue weighted by Gasteiger charge is -2.21. The van der Waals surface area contributed by atoms with E-state index in [1.807, 2.05) is 31.3 Å². The van der Waals surface area contributed by atoms with Crippen LogP contribution in [-0.4, -0.2) is 29.7 Å². The fourth-order valence-electron chi connectivity index (χ4n) is 2.55. The Labute approximate surface area is 129 Å². The number of fused-ring (bicyclic) bond motifs is 1. The van der Waals surface area contributed by atoms with Crippen molar-refractivity contribution in [3.8, 4) is 11.5 Å². The molecule has 1 aliphatic rings. The van der Waals surface area contributed by atoms with E-state index in [1.165, 1.54) is 0 Å². The molecule has 5 nitrogen and oxygen atoms in total. The van der Waals surface area contributed by atoms with Crippen molar-refractivity contribution in [3.05, 3.63) is 58.0 Å². The molecular weight excluding hydrogens is 280 g/mol. The van der Waals surface area contributed by atoms with E-state index < -0.39 is 0 Å². The van der Waals surface area contributed by atoms with E-state index in [0.29, 0.717) is 13.2 Å². The number of benzene rings is 1. The quantitative estimate of drug-likeness (QED) is 0.863. The fourth-order valence-corrected chi connectivity index (χ4v) is 2.55. The number of hydrogen-bond donors (Lipinski definition) is 0. The molecule has 1 aromatic heterocycles. The van der Waals surface area contributed by atoms with Gasteiger partial charge < -0.3 is 14.0 Å². The zero-order chi connectivity index (χ0) is 15.5. The number of aromatic nitrogens is 1. The van der Waals surface area contributed by atoms with Gasteiger partial charge in [0.15, 0.2) is 11.5 Å². The molecule has 5 heteroatoms. The predicted molar refractivity (Wildman–Crippen MR) is 84.3 cm³/mol. The van der Waals surface area contributed by atoms with Gasteiger partial charge in [-0.3, -0.25) is 9.69 Å². The minimum absolute atomic E-state index is 0.0187. The Balaban J connectivity index is 1.67. The highest BCUT2D eigenvalue weighted by Gasteiger charge is 2.12. The van der Waals surface area contributed by atoms with Crippen LogP contribution in [0.3, 0.4) is 0 Å². The van der Waals surface area contributed by atoms with Crippen molar-refractivity contribution in [1.29, 1.82) is 0 Å². The van der Waals surface area contributed by atoms with E-state index >= 15 is 0 Å². The molecule has 0 unspecified atom stereocenters. The van der Waals surface area contributed by atoms with Gasteiger partial charge in [0.25, 0.3) is 5.56 Å². The summed E-state index contributed by atoms with van der Waals surface area (Å²) in [4.78, 5) is 13.8. The van der Waals surface area contributed by atoms with Gasteiger partial charge >= 0.3 is 0 Å². The molecule has 0 aliphatic carbocycles. The molecule has 0 atom stereocenters. The Morgan fingerprint density at radius 2 is 1.73 bits per heavy atom. The van der Waals surface area contributed by atoms with Gasteiger partial charge in [-0.25, -0.2) is 0 Å². The summed E-state index contributed by atoms with van der Waals surface area (Å²) in [5, 5.41) is 0. The van der Waals surface area contributed by atoms with Crippen molar-refractivity contribution in [2.45, 2.75) is 13.1 Å². The molecule has 0 spiro atoms. The van der Waals surface area contributed by atoms with E-state index in [0.717, 1.165) is 35.7 Å². The van der Waals surface area contributed by atoms with Crippen LogP contribution in [0.15, 0.2) is 41.3 Å². The van der Waals surface area contributed by atoms with Crippen molar-refractivity contribution in [2.24, 2.45) is 7.05 Å². The topological polar surface area (TPSA) is 43.7 Å². The number of ether oxygens (including phenoxy) is 2. The second-order valence-corrected chi connectivity index (χ2v) is 5.63. The van der Waals surface area contributed by atoms with Gasteiger partial charge in [-0.1, -0.05) is 6.07 Å². The Bertz CT molecular complexity index is 724. The largest absolute Gasteiger partial charge is 0.486 e. The first kappa shape index (κ1) is 14.7. The summed E-state index contributed by atoms with van der Waals surface area (Å²) in [7, 11) is 3.79. The molecular formula is C17H20N2O3. The molecule has 22 heavy (non-hydrogen) atoms. The van der Waals surface area contributed by atoms with Gasteiger partial charge in [-0.15, -0.1) is 0 Å². The standard InChI is InChI=1S/C17H20N2O3/c1-18(12-14-5-6-19(2)17(20)10-14)11-13-3-4-15-16(9-13)22-8-7-21-15/h3-6,9-10H,7-8,11-12H2,1-2H3. The molecule has 0 amide bonds. The second-order valence-electron chi connectivity index (χ2n) is 5.63. The maximum absolute atomic E-state index is 11.7. The lowest BCUT2D eigenvalue weighted by Crippen LogP contribution is -2.21. The lowest BCUT2D eigenvalue weighted by molar-refractivity contribution is 0.171. The minimum Gasteiger partial charge on any atom is -0.486 e. The van der Waals surface area contributed by atoms with Crippen LogP contribution in [0, 0.1) is 0 Å². The van der Waals surface area contributed by atoms with Crippen LogP contribution in [0.1, 0.15) is 11.1 Å². The van der Waals surface area contributed by atoms with Crippen LogP contribution in [-0.2, 0) is 20.1 Å². The highest BCUT2D eigenvalue weighted by Crippen LogP contribution is 2.31. The summed E-state index contributed by atoms with van der Waals surface area (Å²) in [6.07, 6.45) is 1.80. The van der Waals surface area contributed by atoms with Gasteiger partial charge in [0.1, 0.15) is 13.2 Å². The SMILES string of the molecule is CN(Cc1ccc2c(c1)OCCO2)Cc1ccn(C)c(=O)c1. The molecule has 0 saturated heterocycles. The van der Waals surface area contributed by atoms with Gasteiger partial charge in [-0.05, 0) is 36.4 Å². The Morgan fingerprint density at radius 1 is 1.05 bits per heavy atom. The van der Waals surface area contributed by atoms with Crippen LogP contribution >= 0.6 is 0 Å². The van der Waals surface area contributed by atoms with E-state index in [-0.39, 0.29) is 5.56 Å².